The number of rotatable bonds is 7. The van der Waals surface area contributed by atoms with E-state index in [1.54, 1.807) is 42.5 Å². The quantitative estimate of drug-likeness (QED) is 0.569. The summed E-state index contributed by atoms with van der Waals surface area (Å²) in [6.07, 6.45) is 3.03. The first-order chi connectivity index (χ1) is 12.4. The molecule has 136 valence electrons. The van der Waals surface area contributed by atoms with Crippen molar-refractivity contribution in [2.24, 2.45) is 0 Å². The predicted octanol–water partition coefficient (Wildman–Crippen LogP) is 4.60. The second-order valence-electron chi connectivity index (χ2n) is 5.42. The summed E-state index contributed by atoms with van der Waals surface area (Å²) in [5, 5.41) is 3.13. The van der Waals surface area contributed by atoms with E-state index in [1.807, 2.05) is 6.92 Å². The minimum absolute atomic E-state index is 0.0238. The molecule has 0 spiro atoms. The predicted molar refractivity (Wildman–Crippen MR) is 103 cm³/mol. The Kier molecular flexibility index (Phi) is 6.81. The summed E-state index contributed by atoms with van der Waals surface area (Å²) in [6, 6.07) is 10.1. The number of amides is 1. The van der Waals surface area contributed by atoms with Crippen LogP contribution in [0.3, 0.4) is 0 Å². The number of ketones is 1. The molecular formula is C20H20ClNO4. The Morgan fingerprint density at radius 3 is 2.46 bits per heavy atom. The van der Waals surface area contributed by atoms with E-state index in [-0.39, 0.29) is 11.7 Å². The van der Waals surface area contributed by atoms with Crippen LogP contribution in [0.15, 0.2) is 42.5 Å². The summed E-state index contributed by atoms with van der Waals surface area (Å²) in [7, 11) is 1.52. The van der Waals surface area contributed by atoms with Gasteiger partial charge in [-0.3, -0.25) is 9.59 Å². The van der Waals surface area contributed by atoms with Crippen LogP contribution in [0, 0.1) is 0 Å². The molecule has 0 saturated carbocycles. The van der Waals surface area contributed by atoms with E-state index in [4.69, 9.17) is 21.1 Å². The van der Waals surface area contributed by atoms with E-state index in [0.717, 1.165) is 0 Å². The summed E-state index contributed by atoms with van der Waals surface area (Å²) in [4.78, 5) is 23.3. The zero-order valence-corrected chi connectivity index (χ0v) is 15.6. The Hall–Kier alpha value is -2.79. The molecule has 26 heavy (non-hydrogen) atoms. The highest BCUT2D eigenvalue weighted by molar-refractivity contribution is 6.32. The highest BCUT2D eigenvalue weighted by atomic mass is 35.5. The Bertz CT molecular complexity index is 828. The van der Waals surface area contributed by atoms with Crippen LogP contribution in [0.4, 0.5) is 5.69 Å². The lowest BCUT2D eigenvalue weighted by molar-refractivity contribution is -0.111. The molecule has 0 aromatic heterocycles. The monoisotopic (exact) mass is 373 g/mol. The molecule has 6 heteroatoms. The van der Waals surface area contributed by atoms with Crippen molar-refractivity contribution in [3.05, 3.63) is 58.6 Å². The lowest BCUT2D eigenvalue weighted by atomic mass is 10.1. The van der Waals surface area contributed by atoms with Gasteiger partial charge < -0.3 is 14.8 Å². The van der Waals surface area contributed by atoms with Gasteiger partial charge in [0.05, 0.1) is 18.7 Å². The molecule has 0 radical (unpaired) electrons. The Balaban J connectivity index is 2.10. The molecule has 0 bridgehead atoms. The van der Waals surface area contributed by atoms with Crippen LogP contribution in [-0.4, -0.2) is 25.4 Å². The average molecular weight is 374 g/mol. The number of carbonyl (C=O) groups is 2. The lowest BCUT2D eigenvalue weighted by Gasteiger charge is -2.11. The summed E-state index contributed by atoms with van der Waals surface area (Å²) >= 11 is 6.19. The molecule has 2 aromatic rings. The first-order valence-electron chi connectivity index (χ1n) is 8.05. The molecule has 2 aromatic carbocycles. The number of halogens is 1. The second kappa shape index (κ2) is 9.06. The van der Waals surface area contributed by atoms with Gasteiger partial charge in [0.25, 0.3) is 0 Å². The first kappa shape index (κ1) is 19.5. The topological polar surface area (TPSA) is 64.6 Å². The van der Waals surface area contributed by atoms with Gasteiger partial charge in [-0.15, -0.1) is 0 Å². The van der Waals surface area contributed by atoms with Crippen LogP contribution >= 0.6 is 11.6 Å². The van der Waals surface area contributed by atoms with Crippen molar-refractivity contribution in [1.82, 2.24) is 0 Å². The van der Waals surface area contributed by atoms with Gasteiger partial charge in [0.1, 0.15) is 0 Å². The molecule has 0 saturated heterocycles. The molecule has 0 aliphatic heterocycles. The fourth-order valence-electron chi connectivity index (χ4n) is 2.29. The van der Waals surface area contributed by atoms with Crippen molar-refractivity contribution in [3.63, 3.8) is 0 Å². The summed E-state index contributed by atoms with van der Waals surface area (Å²) in [6.45, 7) is 3.82. The Labute approximate surface area is 157 Å². The minimum atomic E-state index is -0.300. The average Bonchev–Trinajstić information content (AvgIpc) is 2.60. The molecule has 0 aliphatic carbocycles. The van der Waals surface area contributed by atoms with Crippen molar-refractivity contribution in [2.45, 2.75) is 13.8 Å². The zero-order valence-electron chi connectivity index (χ0n) is 14.8. The van der Waals surface area contributed by atoms with Crippen molar-refractivity contribution in [1.29, 1.82) is 0 Å². The molecular weight excluding hydrogens is 354 g/mol. The molecule has 0 aliphatic rings. The van der Waals surface area contributed by atoms with Crippen LogP contribution in [0.2, 0.25) is 5.02 Å². The number of methoxy groups -OCH3 is 1. The lowest BCUT2D eigenvalue weighted by Crippen LogP contribution is -2.07. The highest BCUT2D eigenvalue weighted by Gasteiger charge is 2.10. The van der Waals surface area contributed by atoms with Crippen LogP contribution in [0.25, 0.3) is 6.08 Å². The van der Waals surface area contributed by atoms with E-state index in [1.165, 1.54) is 20.1 Å². The van der Waals surface area contributed by atoms with Gasteiger partial charge in [0.2, 0.25) is 5.91 Å². The van der Waals surface area contributed by atoms with Gasteiger partial charge in [0, 0.05) is 17.3 Å². The number of Topliss-reactive ketones (excluding diaryl/α,β-unsaturated/α-hetero) is 1. The number of hydrogen-bond acceptors (Lipinski definition) is 4. The number of ether oxygens (including phenoxy) is 2. The fraction of sp³-hybridized carbons (Fsp3) is 0.200. The van der Waals surface area contributed by atoms with Gasteiger partial charge in [-0.1, -0.05) is 11.6 Å². The maximum absolute atomic E-state index is 12.1. The normalized spacial score (nSPS) is 10.6. The Morgan fingerprint density at radius 2 is 1.88 bits per heavy atom. The largest absolute Gasteiger partial charge is 0.491 e. The third-order valence-corrected chi connectivity index (χ3v) is 3.80. The van der Waals surface area contributed by atoms with Crippen molar-refractivity contribution >= 4 is 35.1 Å². The van der Waals surface area contributed by atoms with E-state index in [0.29, 0.717) is 39.9 Å². The summed E-state index contributed by atoms with van der Waals surface area (Å²) < 4.78 is 10.7. The van der Waals surface area contributed by atoms with E-state index in [9.17, 15) is 9.59 Å². The third-order valence-electron chi connectivity index (χ3n) is 3.52. The number of carbonyl (C=O) groups excluding carboxylic acids is 2. The van der Waals surface area contributed by atoms with Gasteiger partial charge in [-0.2, -0.15) is 0 Å². The molecule has 5 nitrogen and oxygen atoms in total. The fourth-order valence-corrected chi connectivity index (χ4v) is 2.59. The van der Waals surface area contributed by atoms with Crippen LogP contribution in [0.5, 0.6) is 11.5 Å². The molecule has 1 N–H and O–H groups in total. The van der Waals surface area contributed by atoms with Crippen LogP contribution in [0.1, 0.15) is 29.8 Å². The van der Waals surface area contributed by atoms with E-state index < -0.39 is 0 Å². The van der Waals surface area contributed by atoms with Gasteiger partial charge in [-0.05, 0) is 61.9 Å². The molecule has 2 rings (SSSR count). The summed E-state index contributed by atoms with van der Waals surface area (Å²) in [5.41, 5.74) is 1.91. The molecule has 0 fully saturated rings. The maximum Gasteiger partial charge on any atom is 0.248 e. The third kappa shape index (κ3) is 5.10. The minimum Gasteiger partial charge on any atom is -0.491 e. The number of anilines is 1. The molecule has 1 amide bonds. The molecule has 0 atom stereocenters. The SMILES string of the molecule is CCOc1cc(C=CC(=O)Nc2ccc(C(C)=O)cc2)cc(Cl)c1OC. The second-order valence-corrected chi connectivity index (χ2v) is 5.83. The van der Waals surface area contributed by atoms with Gasteiger partial charge in [0.15, 0.2) is 17.3 Å². The van der Waals surface area contributed by atoms with Crippen LogP contribution in [-0.2, 0) is 4.79 Å². The van der Waals surface area contributed by atoms with E-state index >= 15 is 0 Å². The van der Waals surface area contributed by atoms with Crippen LogP contribution < -0.4 is 14.8 Å². The Morgan fingerprint density at radius 1 is 1.19 bits per heavy atom. The van der Waals surface area contributed by atoms with E-state index in [2.05, 4.69) is 5.32 Å². The standard InChI is InChI=1S/C20H20ClNO4/c1-4-26-18-12-14(11-17(21)20(18)25-3)5-10-19(24)22-16-8-6-15(7-9-16)13(2)23/h5-12H,4H2,1-3H3,(H,22,24). The smallest absolute Gasteiger partial charge is 0.248 e. The molecule has 0 unspecified atom stereocenters. The highest BCUT2D eigenvalue weighted by Crippen LogP contribution is 2.36. The van der Waals surface area contributed by atoms with Crippen molar-refractivity contribution in [3.8, 4) is 11.5 Å². The first-order valence-corrected chi connectivity index (χ1v) is 8.42. The van der Waals surface area contributed by atoms with Gasteiger partial charge >= 0.3 is 0 Å². The number of benzene rings is 2. The molecule has 0 heterocycles. The van der Waals surface area contributed by atoms with Gasteiger partial charge in [-0.25, -0.2) is 0 Å². The maximum atomic E-state index is 12.1. The number of nitrogens with one attached hydrogen (secondary N) is 1. The summed E-state index contributed by atoms with van der Waals surface area (Å²) in [5.74, 6) is 0.651. The van der Waals surface area contributed by atoms with Crippen molar-refractivity contribution in [2.75, 3.05) is 19.0 Å². The number of hydrogen-bond donors (Lipinski definition) is 1. The zero-order chi connectivity index (χ0) is 19.1. The van der Waals surface area contributed by atoms with Crippen molar-refractivity contribution < 1.29 is 19.1 Å².